The molecule has 2 aliphatic rings. The van der Waals surface area contributed by atoms with Crippen molar-refractivity contribution in [3.05, 3.63) is 30.0 Å². The van der Waals surface area contributed by atoms with E-state index in [-0.39, 0.29) is 17.4 Å². The van der Waals surface area contributed by atoms with Gasteiger partial charge in [-0.25, -0.2) is 0 Å². The molecule has 1 amide bonds. The van der Waals surface area contributed by atoms with Crippen molar-refractivity contribution in [3.8, 4) is 5.75 Å². The third-order valence-corrected chi connectivity index (χ3v) is 5.73. The van der Waals surface area contributed by atoms with Crippen LogP contribution in [0.5, 0.6) is 5.75 Å². The largest absolute Gasteiger partial charge is 0.497 e. The summed E-state index contributed by atoms with van der Waals surface area (Å²) in [5.74, 6) is 0.820. The van der Waals surface area contributed by atoms with Gasteiger partial charge in [0, 0.05) is 30.1 Å². The van der Waals surface area contributed by atoms with Gasteiger partial charge in [-0.2, -0.15) is 0 Å². The van der Waals surface area contributed by atoms with E-state index >= 15 is 0 Å². The second-order valence-electron chi connectivity index (χ2n) is 6.85. The van der Waals surface area contributed by atoms with Crippen LogP contribution < -0.4 is 4.74 Å². The number of carbonyl (C=O) groups excluding carboxylic acids is 1. The summed E-state index contributed by atoms with van der Waals surface area (Å²) in [4.78, 5) is 17.8. The zero-order chi connectivity index (χ0) is 16.0. The molecule has 5 nitrogen and oxygen atoms in total. The summed E-state index contributed by atoms with van der Waals surface area (Å²) in [6, 6.07) is 7.66. The summed E-state index contributed by atoms with van der Waals surface area (Å²) in [7, 11) is 1.63. The summed E-state index contributed by atoms with van der Waals surface area (Å²) in [6.07, 6.45) is 3.67. The Morgan fingerprint density at radius 1 is 1.30 bits per heavy atom. The molecule has 1 aliphatic heterocycles. The van der Waals surface area contributed by atoms with Gasteiger partial charge in [-0.05, 0) is 49.3 Å². The molecule has 23 heavy (non-hydrogen) atoms. The van der Waals surface area contributed by atoms with Gasteiger partial charge in [-0.3, -0.25) is 4.79 Å². The van der Waals surface area contributed by atoms with E-state index < -0.39 is 0 Å². The summed E-state index contributed by atoms with van der Waals surface area (Å²) in [6.45, 7) is 1.46. The van der Waals surface area contributed by atoms with E-state index in [4.69, 9.17) is 4.74 Å². The van der Waals surface area contributed by atoms with Crippen LogP contribution in [0.4, 0.5) is 0 Å². The summed E-state index contributed by atoms with van der Waals surface area (Å²) in [5.41, 5.74) is 1.62. The van der Waals surface area contributed by atoms with Crippen molar-refractivity contribution in [3.63, 3.8) is 0 Å². The SMILES string of the molecule is COc1ccc2cc(C(=O)N3CCC4(CCC4O)CC3)[nH]c2c1. The van der Waals surface area contributed by atoms with Crippen molar-refractivity contribution >= 4 is 16.8 Å². The molecule has 0 radical (unpaired) electrons. The van der Waals surface area contributed by atoms with Gasteiger partial charge in [0.15, 0.2) is 0 Å². The number of aromatic amines is 1. The lowest BCUT2D eigenvalue weighted by Crippen LogP contribution is -2.53. The van der Waals surface area contributed by atoms with Crippen LogP contribution in [0.25, 0.3) is 10.9 Å². The number of aliphatic hydroxyl groups excluding tert-OH is 1. The van der Waals surface area contributed by atoms with Crippen LogP contribution in [0.15, 0.2) is 24.3 Å². The molecule has 1 atom stereocenters. The van der Waals surface area contributed by atoms with Crippen LogP contribution in [0, 0.1) is 5.41 Å². The van der Waals surface area contributed by atoms with Crippen molar-refractivity contribution < 1.29 is 14.6 Å². The number of rotatable bonds is 2. The minimum absolute atomic E-state index is 0.0452. The van der Waals surface area contributed by atoms with Gasteiger partial charge in [0.05, 0.1) is 13.2 Å². The maximum Gasteiger partial charge on any atom is 0.270 e. The Hall–Kier alpha value is -2.01. The normalized spacial score (nSPS) is 23.0. The third-order valence-electron chi connectivity index (χ3n) is 5.73. The topological polar surface area (TPSA) is 65.6 Å². The number of likely N-dealkylation sites (tertiary alicyclic amines) is 1. The fourth-order valence-electron chi connectivity index (χ4n) is 3.94. The van der Waals surface area contributed by atoms with Gasteiger partial charge in [-0.1, -0.05) is 0 Å². The number of aromatic nitrogens is 1. The molecule has 5 heteroatoms. The first-order chi connectivity index (χ1) is 11.1. The van der Waals surface area contributed by atoms with Crippen LogP contribution in [0.3, 0.4) is 0 Å². The number of nitrogens with zero attached hydrogens (tertiary/aromatic N) is 1. The number of H-pyrrole nitrogens is 1. The molecule has 1 saturated heterocycles. The maximum absolute atomic E-state index is 12.7. The fraction of sp³-hybridized carbons (Fsp3) is 0.500. The highest BCUT2D eigenvalue weighted by atomic mass is 16.5. The smallest absolute Gasteiger partial charge is 0.270 e. The van der Waals surface area contributed by atoms with E-state index in [0.29, 0.717) is 5.69 Å². The molecule has 1 spiro atoms. The zero-order valence-electron chi connectivity index (χ0n) is 13.3. The molecule has 1 unspecified atom stereocenters. The summed E-state index contributed by atoms with van der Waals surface area (Å²) in [5, 5.41) is 11.0. The minimum atomic E-state index is -0.166. The van der Waals surface area contributed by atoms with E-state index in [1.54, 1.807) is 7.11 Å². The number of hydrogen-bond donors (Lipinski definition) is 2. The van der Waals surface area contributed by atoms with Crippen molar-refractivity contribution in [1.82, 2.24) is 9.88 Å². The number of piperidine rings is 1. The Kier molecular flexibility index (Phi) is 3.34. The quantitative estimate of drug-likeness (QED) is 0.895. The number of carbonyl (C=O) groups is 1. The molecule has 0 bridgehead atoms. The van der Waals surface area contributed by atoms with E-state index in [1.165, 1.54) is 0 Å². The van der Waals surface area contributed by atoms with Gasteiger partial charge in [0.1, 0.15) is 11.4 Å². The Bertz CT molecular complexity index is 744. The van der Waals surface area contributed by atoms with E-state index in [9.17, 15) is 9.90 Å². The summed E-state index contributed by atoms with van der Waals surface area (Å²) >= 11 is 0. The van der Waals surface area contributed by atoms with E-state index in [0.717, 1.165) is 55.4 Å². The molecule has 122 valence electrons. The number of methoxy groups -OCH3 is 1. The lowest BCUT2D eigenvalue weighted by molar-refractivity contribution is -0.0952. The Morgan fingerprint density at radius 3 is 2.70 bits per heavy atom. The molecular weight excluding hydrogens is 292 g/mol. The first kappa shape index (κ1) is 14.6. The second kappa shape index (κ2) is 5.27. The number of fused-ring (bicyclic) bond motifs is 1. The van der Waals surface area contributed by atoms with Crippen molar-refractivity contribution in [1.29, 1.82) is 0 Å². The standard InChI is InChI=1S/C18H22N2O3/c1-23-13-3-2-12-10-15(19-14(12)11-13)17(22)20-8-6-18(7-9-20)5-4-16(18)21/h2-3,10-11,16,19,21H,4-9H2,1H3. The first-order valence-electron chi connectivity index (χ1n) is 8.25. The number of benzene rings is 1. The molecule has 2 N–H and O–H groups in total. The highest BCUT2D eigenvalue weighted by Gasteiger charge is 2.47. The molecule has 1 aliphatic carbocycles. The monoisotopic (exact) mass is 314 g/mol. The van der Waals surface area contributed by atoms with Gasteiger partial charge >= 0.3 is 0 Å². The van der Waals surface area contributed by atoms with Crippen LogP contribution in [0.2, 0.25) is 0 Å². The van der Waals surface area contributed by atoms with Crippen LogP contribution in [0.1, 0.15) is 36.2 Å². The van der Waals surface area contributed by atoms with Crippen molar-refractivity contribution in [2.75, 3.05) is 20.2 Å². The fourth-order valence-corrected chi connectivity index (χ4v) is 3.94. The highest BCUT2D eigenvalue weighted by molar-refractivity contribution is 5.98. The molecule has 2 fully saturated rings. The number of amides is 1. The maximum atomic E-state index is 12.7. The predicted molar refractivity (Wildman–Crippen MR) is 87.7 cm³/mol. The molecule has 1 aromatic heterocycles. The third kappa shape index (κ3) is 2.30. The van der Waals surface area contributed by atoms with Gasteiger partial charge in [-0.15, -0.1) is 0 Å². The van der Waals surface area contributed by atoms with Crippen LogP contribution in [-0.4, -0.2) is 47.2 Å². The number of nitrogens with one attached hydrogen (secondary N) is 1. The molecular formula is C18H22N2O3. The van der Waals surface area contributed by atoms with Gasteiger partial charge in [0.25, 0.3) is 5.91 Å². The van der Waals surface area contributed by atoms with Crippen LogP contribution >= 0.6 is 0 Å². The lowest BCUT2D eigenvalue weighted by atomic mass is 9.61. The highest BCUT2D eigenvalue weighted by Crippen LogP contribution is 2.49. The van der Waals surface area contributed by atoms with E-state index in [2.05, 4.69) is 4.98 Å². The molecule has 2 aromatic rings. The number of hydrogen-bond acceptors (Lipinski definition) is 3. The first-order valence-corrected chi connectivity index (χ1v) is 8.25. The van der Waals surface area contributed by atoms with Gasteiger partial charge in [0.2, 0.25) is 0 Å². The predicted octanol–water partition coefficient (Wildman–Crippen LogP) is 2.55. The second-order valence-corrected chi connectivity index (χ2v) is 6.85. The number of aliphatic hydroxyl groups is 1. The Balaban J connectivity index is 1.51. The van der Waals surface area contributed by atoms with Crippen molar-refractivity contribution in [2.24, 2.45) is 5.41 Å². The van der Waals surface area contributed by atoms with Gasteiger partial charge < -0.3 is 19.7 Å². The lowest BCUT2D eigenvalue weighted by Gasteiger charge is -2.51. The molecule has 1 saturated carbocycles. The molecule has 4 rings (SSSR count). The van der Waals surface area contributed by atoms with Crippen LogP contribution in [-0.2, 0) is 0 Å². The average Bonchev–Trinajstić information content (AvgIpc) is 3.02. The Labute approximate surface area is 135 Å². The summed E-state index contributed by atoms with van der Waals surface area (Å²) < 4.78 is 5.22. The molecule has 1 aromatic carbocycles. The molecule has 2 heterocycles. The van der Waals surface area contributed by atoms with Crippen molar-refractivity contribution in [2.45, 2.75) is 31.8 Å². The average molecular weight is 314 g/mol. The zero-order valence-corrected chi connectivity index (χ0v) is 13.3. The Morgan fingerprint density at radius 2 is 2.09 bits per heavy atom. The van der Waals surface area contributed by atoms with E-state index in [1.807, 2.05) is 29.2 Å². The minimum Gasteiger partial charge on any atom is -0.497 e. The number of ether oxygens (including phenoxy) is 1.